The Hall–Kier alpha value is -2.64. The summed E-state index contributed by atoms with van der Waals surface area (Å²) in [7, 11) is 0. The Balaban J connectivity index is 1.65. The molecule has 0 spiro atoms. The lowest BCUT2D eigenvalue weighted by molar-refractivity contribution is 0.0711. The van der Waals surface area contributed by atoms with E-state index < -0.39 is 5.91 Å². The number of fused-ring (bicyclic) bond motifs is 1. The van der Waals surface area contributed by atoms with E-state index in [0.29, 0.717) is 24.5 Å². The monoisotopic (exact) mass is 371 g/mol. The van der Waals surface area contributed by atoms with Gasteiger partial charge >= 0.3 is 6.03 Å². The van der Waals surface area contributed by atoms with Crippen molar-refractivity contribution < 1.29 is 14.8 Å². The molecule has 136 valence electrons. The number of nitrogens with zero attached hydrogens (tertiary/aromatic N) is 1. The van der Waals surface area contributed by atoms with Crippen LogP contribution in [0, 0.1) is 0 Å². The Kier molecular flexibility index (Phi) is 5.70. The molecule has 1 aliphatic heterocycles. The normalized spacial score (nSPS) is 14.8. The summed E-state index contributed by atoms with van der Waals surface area (Å²) >= 11 is 1.33. The fourth-order valence-electron chi connectivity index (χ4n) is 2.96. The zero-order valence-corrected chi connectivity index (χ0v) is 15.3. The second-order valence-corrected chi connectivity index (χ2v) is 7.10. The predicted molar refractivity (Wildman–Crippen MR) is 101 cm³/mol. The van der Waals surface area contributed by atoms with Crippen LogP contribution in [0.3, 0.4) is 0 Å². The number of carbonyl (C=O) groups excluding carboxylic acids is 2. The van der Waals surface area contributed by atoms with E-state index >= 15 is 0 Å². The van der Waals surface area contributed by atoms with Gasteiger partial charge in [-0.2, -0.15) is 0 Å². The minimum absolute atomic E-state index is 0.120. The van der Waals surface area contributed by atoms with Crippen molar-refractivity contribution in [2.75, 3.05) is 13.1 Å². The number of urea groups is 1. The summed E-state index contributed by atoms with van der Waals surface area (Å²) in [6.07, 6.45) is 2.74. The lowest BCUT2D eigenvalue weighted by atomic mass is 10.0. The molecule has 3 rings (SSSR count). The van der Waals surface area contributed by atoms with Crippen LogP contribution in [0.25, 0.3) is 5.57 Å². The smallest absolute Gasteiger partial charge is 0.318 e. The number of thiophene rings is 1. The van der Waals surface area contributed by atoms with Gasteiger partial charge in [-0.1, -0.05) is 36.4 Å². The summed E-state index contributed by atoms with van der Waals surface area (Å²) < 4.78 is 0. The van der Waals surface area contributed by atoms with Crippen molar-refractivity contribution in [3.05, 3.63) is 63.4 Å². The van der Waals surface area contributed by atoms with Gasteiger partial charge in [0.15, 0.2) is 0 Å². The first kappa shape index (κ1) is 18.2. The summed E-state index contributed by atoms with van der Waals surface area (Å²) in [4.78, 5) is 27.3. The number of hydroxylamine groups is 1. The SMILES string of the molecule is C/C=C1/CN(C(=O)NCCc2ccccc2)Cc2cc(C(=O)NO)sc21. The molecule has 1 aromatic carbocycles. The Bertz CT molecular complexity index is 830. The Labute approximate surface area is 156 Å². The maximum Gasteiger partial charge on any atom is 0.318 e. The number of allylic oxidation sites excluding steroid dienone is 1. The maximum absolute atomic E-state index is 12.5. The van der Waals surface area contributed by atoms with E-state index in [4.69, 9.17) is 5.21 Å². The van der Waals surface area contributed by atoms with Crippen LogP contribution in [-0.2, 0) is 13.0 Å². The highest BCUT2D eigenvalue weighted by Gasteiger charge is 2.27. The highest BCUT2D eigenvalue weighted by Crippen LogP contribution is 2.34. The number of rotatable bonds is 4. The molecule has 0 saturated carbocycles. The molecule has 3 amide bonds. The Morgan fingerprint density at radius 2 is 2.04 bits per heavy atom. The second kappa shape index (κ2) is 8.16. The fourth-order valence-corrected chi connectivity index (χ4v) is 4.09. The average Bonchev–Trinajstić information content (AvgIpc) is 3.11. The lowest BCUT2D eigenvalue weighted by Crippen LogP contribution is -2.42. The van der Waals surface area contributed by atoms with Crippen molar-refractivity contribution in [1.29, 1.82) is 0 Å². The van der Waals surface area contributed by atoms with Crippen LogP contribution in [0.5, 0.6) is 0 Å². The van der Waals surface area contributed by atoms with Gasteiger partial charge in [-0.25, -0.2) is 10.3 Å². The number of carbonyl (C=O) groups is 2. The molecule has 26 heavy (non-hydrogen) atoms. The highest BCUT2D eigenvalue weighted by molar-refractivity contribution is 7.15. The number of hydrogen-bond acceptors (Lipinski definition) is 4. The standard InChI is InChI=1S/C19H21N3O3S/c1-2-14-11-22(12-15-10-16(18(23)21-25)26-17(14)15)19(24)20-9-8-13-6-4-3-5-7-13/h2-7,10,25H,8-9,11-12H2,1H3,(H,20,24)(H,21,23)/b14-2-. The van der Waals surface area contributed by atoms with Crippen molar-refractivity contribution in [2.45, 2.75) is 19.9 Å². The third-order valence-corrected chi connectivity index (χ3v) is 5.57. The summed E-state index contributed by atoms with van der Waals surface area (Å²) in [6.45, 7) is 3.43. The Morgan fingerprint density at radius 1 is 1.27 bits per heavy atom. The van der Waals surface area contributed by atoms with Gasteiger partial charge in [0, 0.05) is 24.5 Å². The minimum atomic E-state index is -0.529. The third-order valence-electron chi connectivity index (χ3n) is 4.32. The molecule has 1 aliphatic rings. The molecular weight excluding hydrogens is 350 g/mol. The molecule has 2 heterocycles. The zero-order valence-electron chi connectivity index (χ0n) is 14.5. The van der Waals surface area contributed by atoms with Gasteiger partial charge in [0.2, 0.25) is 0 Å². The van der Waals surface area contributed by atoms with Crippen LogP contribution in [-0.4, -0.2) is 35.1 Å². The maximum atomic E-state index is 12.5. The first-order valence-electron chi connectivity index (χ1n) is 8.41. The summed E-state index contributed by atoms with van der Waals surface area (Å²) in [5, 5.41) is 11.8. The summed E-state index contributed by atoms with van der Waals surface area (Å²) in [5.74, 6) is -0.529. The molecule has 1 aromatic heterocycles. The summed E-state index contributed by atoms with van der Waals surface area (Å²) in [6, 6.07) is 11.6. The third kappa shape index (κ3) is 3.95. The molecule has 6 nitrogen and oxygen atoms in total. The molecule has 0 bridgehead atoms. The van der Waals surface area contributed by atoms with Crippen LogP contribution >= 0.6 is 11.3 Å². The second-order valence-electron chi connectivity index (χ2n) is 6.04. The minimum Gasteiger partial charge on any atom is -0.338 e. The van der Waals surface area contributed by atoms with E-state index in [0.717, 1.165) is 22.4 Å². The van der Waals surface area contributed by atoms with E-state index in [-0.39, 0.29) is 6.03 Å². The van der Waals surface area contributed by atoms with Gasteiger partial charge in [0.1, 0.15) is 0 Å². The topological polar surface area (TPSA) is 81.7 Å². The van der Waals surface area contributed by atoms with E-state index in [1.165, 1.54) is 16.9 Å². The predicted octanol–water partition coefficient (Wildman–Crippen LogP) is 3.04. The van der Waals surface area contributed by atoms with Crippen LogP contribution in [0.15, 0.2) is 42.5 Å². The van der Waals surface area contributed by atoms with Crippen LogP contribution in [0.2, 0.25) is 0 Å². The molecule has 2 aromatic rings. The van der Waals surface area contributed by atoms with E-state index in [1.807, 2.05) is 43.3 Å². The van der Waals surface area contributed by atoms with E-state index in [1.54, 1.807) is 16.4 Å². The quantitative estimate of drug-likeness (QED) is 0.571. The van der Waals surface area contributed by atoms with Crippen molar-refractivity contribution in [2.24, 2.45) is 0 Å². The van der Waals surface area contributed by atoms with Crippen molar-refractivity contribution >= 4 is 28.8 Å². The first-order valence-corrected chi connectivity index (χ1v) is 9.23. The summed E-state index contributed by atoms with van der Waals surface area (Å²) in [5.41, 5.74) is 4.77. The zero-order chi connectivity index (χ0) is 18.5. The Morgan fingerprint density at radius 3 is 2.73 bits per heavy atom. The van der Waals surface area contributed by atoms with Crippen LogP contribution < -0.4 is 10.8 Å². The van der Waals surface area contributed by atoms with Gasteiger partial charge in [-0.15, -0.1) is 11.3 Å². The molecule has 0 unspecified atom stereocenters. The number of benzene rings is 1. The molecule has 0 fully saturated rings. The fraction of sp³-hybridized carbons (Fsp3) is 0.263. The van der Waals surface area contributed by atoms with E-state index in [9.17, 15) is 9.59 Å². The van der Waals surface area contributed by atoms with Gasteiger partial charge < -0.3 is 10.2 Å². The molecule has 0 atom stereocenters. The lowest BCUT2D eigenvalue weighted by Gasteiger charge is -2.29. The van der Waals surface area contributed by atoms with Gasteiger partial charge in [-0.3, -0.25) is 10.0 Å². The van der Waals surface area contributed by atoms with Crippen molar-refractivity contribution in [3.8, 4) is 0 Å². The van der Waals surface area contributed by atoms with Crippen molar-refractivity contribution in [3.63, 3.8) is 0 Å². The van der Waals surface area contributed by atoms with Gasteiger partial charge in [0.25, 0.3) is 5.91 Å². The number of nitrogens with one attached hydrogen (secondary N) is 2. The molecule has 3 N–H and O–H groups in total. The molecule has 0 saturated heterocycles. The number of amides is 3. The van der Waals surface area contributed by atoms with Crippen LogP contribution in [0.1, 0.15) is 32.6 Å². The largest absolute Gasteiger partial charge is 0.338 e. The highest BCUT2D eigenvalue weighted by atomic mass is 32.1. The first-order chi connectivity index (χ1) is 12.6. The number of hydrogen-bond donors (Lipinski definition) is 3. The van der Waals surface area contributed by atoms with Gasteiger partial charge in [0.05, 0.1) is 4.88 Å². The van der Waals surface area contributed by atoms with Crippen molar-refractivity contribution in [1.82, 2.24) is 15.7 Å². The average molecular weight is 371 g/mol. The molecule has 7 heteroatoms. The molecule has 0 aliphatic carbocycles. The molecular formula is C19H21N3O3S. The van der Waals surface area contributed by atoms with Gasteiger partial charge in [-0.05, 0) is 36.1 Å². The molecule has 0 radical (unpaired) electrons. The van der Waals surface area contributed by atoms with E-state index in [2.05, 4.69) is 5.32 Å². The van der Waals surface area contributed by atoms with Crippen LogP contribution in [0.4, 0.5) is 4.79 Å².